The molecule has 0 saturated carbocycles. The molecule has 1 aliphatic rings. The SMILES string of the molecule is O=C1CC(CBr)CN1c1c(F)cc(F)cc1[N+](=O)[O-]. The predicted octanol–water partition coefficient (Wildman–Crippen LogP) is 2.62. The third kappa shape index (κ3) is 2.58. The molecule has 1 atom stereocenters. The second-order valence-corrected chi connectivity index (χ2v) is 4.89. The average Bonchev–Trinajstić information content (AvgIpc) is 2.69. The van der Waals surface area contributed by atoms with Crippen LogP contribution in [0.3, 0.4) is 0 Å². The standard InChI is InChI=1S/C11H9BrF2N2O3/c12-4-6-1-10(17)15(5-6)11-8(14)2-7(13)3-9(11)16(18)19/h2-3,6H,1,4-5H2. The molecule has 2 rings (SSSR count). The van der Waals surface area contributed by atoms with Crippen LogP contribution in [0.4, 0.5) is 20.2 Å². The summed E-state index contributed by atoms with van der Waals surface area (Å²) < 4.78 is 26.8. The third-order valence-corrected chi connectivity index (χ3v) is 3.81. The highest BCUT2D eigenvalue weighted by atomic mass is 79.9. The Hall–Kier alpha value is -1.57. The lowest BCUT2D eigenvalue weighted by atomic mass is 10.2. The summed E-state index contributed by atoms with van der Waals surface area (Å²) in [7, 11) is 0. The van der Waals surface area contributed by atoms with E-state index in [9.17, 15) is 23.7 Å². The molecule has 0 N–H and O–H groups in total. The van der Waals surface area contributed by atoms with Gasteiger partial charge in [0.15, 0.2) is 11.5 Å². The van der Waals surface area contributed by atoms with Crippen molar-refractivity contribution in [1.82, 2.24) is 0 Å². The first-order valence-corrected chi connectivity index (χ1v) is 6.56. The van der Waals surface area contributed by atoms with Crippen LogP contribution in [-0.2, 0) is 4.79 Å². The van der Waals surface area contributed by atoms with Crippen LogP contribution in [0.25, 0.3) is 0 Å². The van der Waals surface area contributed by atoms with E-state index in [1.54, 1.807) is 0 Å². The number of amides is 1. The Morgan fingerprint density at radius 1 is 1.47 bits per heavy atom. The molecule has 1 saturated heterocycles. The number of benzene rings is 1. The molecule has 102 valence electrons. The topological polar surface area (TPSA) is 63.5 Å². The van der Waals surface area contributed by atoms with Gasteiger partial charge in [-0.3, -0.25) is 14.9 Å². The quantitative estimate of drug-likeness (QED) is 0.485. The van der Waals surface area contributed by atoms with Crippen LogP contribution >= 0.6 is 15.9 Å². The summed E-state index contributed by atoms with van der Waals surface area (Å²) in [6.45, 7) is 0.174. The fourth-order valence-electron chi connectivity index (χ4n) is 2.06. The van der Waals surface area contributed by atoms with E-state index in [1.807, 2.05) is 0 Å². The molecule has 0 spiro atoms. The lowest BCUT2D eigenvalue weighted by Gasteiger charge is -2.17. The fraction of sp³-hybridized carbons (Fsp3) is 0.364. The molecule has 0 radical (unpaired) electrons. The summed E-state index contributed by atoms with van der Waals surface area (Å²) in [5, 5.41) is 11.4. The van der Waals surface area contributed by atoms with Gasteiger partial charge >= 0.3 is 0 Å². The van der Waals surface area contributed by atoms with E-state index in [-0.39, 0.29) is 18.9 Å². The summed E-state index contributed by atoms with van der Waals surface area (Å²) >= 11 is 3.21. The lowest BCUT2D eigenvalue weighted by molar-refractivity contribution is -0.384. The molecule has 0 bridgehead atoms. The van der Waals surface area contributed by atoms with Crippen molar-refractivity contribution in [2.45, 2.75) is 6.42 Å². The van der Waals surface area contributed by atoms with Crippen molar-refractivity contribution in [3.63, 3.8) is 0 Å². The molecule has 1 heterocycles. The van der Waals surface area contributed by atoms with Gasteiger partial charge < -0.3 is 4.90 Å². The zero-order valence-electron chi connectivity index (χ0n) is 9.61. The highest BCUT2D eigenvalue weighted by Crippen LogP contribution is 2.36. The van der Waals surface area contributed by atoms with Crippen molar-refractivity contribution < 1.29 is 18.5 Å². The Bertz CT molecular complexity index is 553. The minimum Gasteiger partial charge on any atom is -0.304 e. The highest BCUT2D eigenvalue weighted by Gasteiger charge is 2.36. The van der Waals surface area contributed by atoms with Gasteiger partial charge in [0.25, 0.3) is 5.69 Å². The molecule has 8 heteroatoms. The minimum atomic E-state index is -1.10. The second kappa shape index (κ2) is 5.20. The number of carbonyl (C=O) groups is 1. The number of alkyl halides is 1. The zero-order chi connectivity index (χ0) is 14.2. The van der Waals surface area contributed by atoms with Crippen LogP contribution in [-0.4, -0.2) is 22.7 Å². The van der Waals surface area contributed by atoms with E-state index in [0.717, 1.165) is 4.90 Å². The van der Waals surface area contributed by atoms with E-state index >= 15 is 0 Å². The predicted molar refractivity (Wildman–Crippen MR) is 67.3 cm³/mol. The maximum atomic E-state index is 13.8. The molecule has 0 aliphatic carbocycles. The van der Waals surface area contributed by atoms with Crippen molar-refractivity contribution >= 4 is 33.2 Å². The van der Waals surface area contributed by atoms with Crippen LogP contribution < -0.4 is 4.90 Å². The van der Waals surface area contributed by atoms with Crippen LogP contribution in [0.15, 0.2) is 12.1 Å². The maximum Gasteiger partial charge on any atom is 0.298 e. The number of rotatable bonds is 3. The normalized spacial score (nSPS) is 19.0. The van der Waals surface area contributed by atoms with Crippen molar-refractivity contribution in [2.24, 2.45) is 5.92 Å². The number of carbonyl (C=O) groups excluding carboxylic acids is 1. The van der Waals surface area contributed by atoms with Crippen molar-refractivity contribution in [3.8, 4) is 0 Å². The molecular formula is C11H9BrF2N2O3. The van der Waals surface area contributed by atoms with Crippen molar-refractivity contribution in [3.05, 3.63) is 33.9 Å². The number of nitro benzene ring substituents is 1. The molecule has 1 amide bonds. The molecule has 19 heavy (non-hydrogen) atoms. The van der Waals surface area contributed by atoms with E-state index in [4.69, 9.17) is 0 Å². The van der Waals surface area contributed by atoms with Gasteiger partial charge in [0.2, 0.25) is 5.91 Å². The Morgan fingerprint density at radius 2 is 2.16 bits per heavy atom. The molecule has 1 aliphatic heterocycles. The summed E-state index contributed by atoms with van der Waals surface area (Å²) in [4.78, 5) is 22.8. The molecular weight excluding hydrogens is 326 g/mol. The molecule has 5 nitrogen and oxygen atoms in total. The average molecular weight is 335 g/mol. The Labute approximate surface area is 115 Å². The van der Waals surface area contributed by atoms with Gasteiger partial charge in [-0.2, -0.15) is 0 Å². The van der Waals surface area contributed by atoms with Gasteiger partial charge in [-0.25, -0.2) is 8.78 Å². The molecule has 1 unspecified atom stereocenters. The van der Waals surface area contributed by atoms with Gasteiger partial charge in [0.1, 0.15) is 5.82 Å². The van der Waals surface area contributed by atoms with Crippen LogP contribution in [0, 0.1) is 27.7 Å². The van der Waals surface area contributed by atoms with Gasteiger partial charge in [0.05, 0.1) is 11.0 Å². The Balaban J connectivity index is 2.50. The number of anilines is 1. The van der Waals surface area contributed by atoms with Crippen LogP contribution in [0.5, 0.6) is 0 Å². The van der Waals surface area contributed by atoms with E-state index in [1.165, 1.54) is 0 Å². The first kappa shape index (κ1) is 13.9. The summed E-state index contributed by atoms with van der Waals surface area (Å²) in [5.74, 6) is -2.60. The zero-order valence-corrected chi connectivity index (χ0v) is 11.2. The van der Waals surface area contributed by atoms with Crippen molar-refractivity contribution in [1.29, 1.82) is 0 Å². The van der Waals surface area contributed by atoms with E-state index in [0.29, 0.717) is 17.5 Å². The van der Waals surface area contributed by atoms with E-state index in [2.05, 4.69) is 15.9 Å². The Morgan fingerprint density at radius 3 is 2.68 bits per heavy atom. The minimum absolute atomic E-state index is 0.0449. The number of hydrogen-bond donors (Lipinski definition) is 0. The van der Waals surface area contributed by atoms with Gasteiger partial charge in [-0.05, 0) is 5.92 Å². The Kier molecular flexibility index (Phi) is 3.79. The fourth-order valence-corrected chi connectivity index (χ4v) is 2.49. The van der Waals surface area contributed by atoms with Crippen LogP contribution in [0.2, 0.25) is 0 Å². The summed E-state index contributed by atoms with van der Waals surface area (Å²) in [5.41, 5.74) is -1.19. The van der Waals surface area contributed by atoms with Gasteiger partial charge in [-0.15, -0.1) is 0 Å². The number of nitrogens with zero attached hydrogens (tertiary/aromatic N) is 2. The second-order valence-electron chi connectivity index (χ2n) is 4.24. The third-order valence-electron chi connectivity index (χ3n) is 2.90. The van der Waals surface area contributed by atoms with Crippen LogP contribution in [0.1, 0.15) is 6.42 Å². The first-order valence-electron chi connectivity index (χ1n) is 5.43. The van der Waals surface area contributed by atoms with Crippen molar-refractivity contribution in [2.75, 3.05) is 16.8 Å². The van der Waals surface area contributed by atoms with E-state index < -0.39 is 33.8 Å². The van der Waals surface area contributed by atoms with Gasteiger partial charge in [-0.1, -0.05) is 15.9 Å². The summed E-state index contributed by atoms with van der Waals surface area (Å²) in [6.07, 6.45) is 0.180. The number of nitro groups is 1. The molecule has 0 aromatic heterocycles. The molecule has 1 fully saturated rings. The maximum absolute atomic E-state index is 13.8. The molecule has 1 aromatic rings. The monoisotopic (exact) mass is 334 g/mol. The number of halogens is 3. The largest absolute Gasteiger partial charge is 0.304 e. The summed E-state index contributed by atoms with van der Waals surface area (Å²) in [6, 6.07) is 1.16. The highest BCUT2D eigenvalue weighted by molar-refractivity contribution is 9.09. The molecule has 1 aromatic carbocycles. The van der Waals surface area contributed by atoms with Gasteiger partial charge in [0, 0.05) is 24.4 Å². The number of hydrogen-bond acceptors (Lipinski definition) is 3. The lowest BCUT2D eigenvalue weighted by Crippen LogP contribution is -2.26. The smallest absolute Gasteiger partial charge is 0.298 e. The first-order chi connectivity index (χ1) is 8.93.